The predicted octanol–water partition coefficient (Wildman–Crippen LogP) is -0.489. The molecule has 0 N–H and O–H groups in total. The van der Waals surface area contributed by atoms with Crippen LogP contribution in [0.1, 0.15) is 16.7 Å². The van der Waals surface area contributed by atoms with Gasteiger partial charge in [-0.2, -0.15) is 0 Å². The van der Waals surface area contributed by atoms with E-state index in [-0.39, 0.29) is 18.9 Å². The second kappa shape index (κ2) is 4.14. The summed E-state index contributed by atoms with van der Waals surface area (Å²) in [7, 11) is 0.992. The fraction of sp³-hybridized carbons (Fsp3) is 0.200. The molecule has 0 fully saturated rings. The van der Waals surface area contributed by atoms with Gasteiger partial charge in [0.2, 0.25) is 0 Å². The monoisotopic (exact) mass is 165 g/mol. The molecule has 0 heterocycles. The first-order chi connectivity index (χ1) is 5.42. The standard InChI is InChI=1S/C10H10Si.Li/c1-11-10-7-6-8-4-2-3-5-9(8)10;/h2-7,10H,1H3;/q;+1. The maximum atomic E-state index is 2.31. The van der Waals surface area contributed by atoms with Crippen molar-refractivity contribution in [2.75, 3.05) is 0 Å². The molecule has 12 heavy (non-hydrogen) atoms. The van der Waals surface area contributed by atoms with E-state index in [9.17, 15) is 0 Å². The van der Waals surface area contributed by atoms with Crippen LogP contribution < -0.4 is 18.9 Å². The molecule has 1 aromatic carbocycles. The van der Waals surface area contributed by atoms with Gasteiger partial charge in [-0.05, 0) is 16.7 Å². The topological polar surface area (TPSA) is 0 Å². The molecule has 0 aromatic heterocycles. The van der Waals surface area contributed by atoms with E-state index in [1.807, 2.05) is 0 Å². The van der Waals surface area contributed by atoms with Crippen molar-refractivity contribution in [2.45, 2.75) is 12.1 Å². The zero-order valence-electron chi connectivity index (χ0n) is 7.54. The molecular formula is C10H10LiSi+. The van der Waals surface area contributed by atoms with Crippen molar-refractivity contribution >= 4 is 15.6 Å². The number of hydrogen-bond donors (Lipinski definition) is 0. The predicted molar refractivity (Wildman–Crippen MR) is 49.8 cm³/mol. The largest absolute Gasteiger partial charge is 1.00 e. The SMILES string of the molecule is C[Si]C1C=Cc2ccccc21.[Li+]. The van der Waals surface area contributed by atoms with Gasteiger partial charge >= 0.3 is 18.9 Å². The van der Waals surface area contributed by atoms with Gasteiger partial charge in [-0.15, -0.1) is 0 Å². The second-order valence-electron chi connectivity index (χ2n) is 2.75. The molecule has 0 spiro atoms. The van der Waals surface area contributed by atoms with Crippen LogP contribution >= 0.6 is 0 Å². The van der Waals surface area contributed by atoms with Gasteiger partial charge in [0.25, 0.3) is 0 Å². The van der Waals surface area contributed by atoms with E-state index in [0.717, 1.165) is 9.52 Å². The zero-order chi connectivity index (χ0) is 7.68. The Morgan fingerprint density at radius 1 is 1.25 bits per heavy atom. The molecule has 54 valence electrons. The van der Waals surface area contributed by atoms with Crippen LogP contribution in [-0.2, 0) is 0 Å². The summed E-state index contributed by atoms with van der Waals surface area (Å²) in [4.78, 5) is 0. The molecule has 1 aliphatic carbocycles. The summed E-state index contributed by atoms with van der Waals surface area (Å²) in [5.41, 5.74) is 3.62. The Morgan fingerprint density at radius 2 is 2.00 bits per heavy atom. The molecule has 0 bridgehead atoms. The first kappa shape index (κ1) is 9.86. The van der Waals surface area contributed by atoms with Gasteiger partial charge in [-0.25, -0.2) is 0 Å². The molecule has 1 aromatic rings. The molecule has 0 amide bonds. The van der Waals surface area contributed by atoms with Crippen LogP contribution in [-0.4, -0.2) is 9.52 Å². The maximum Gasteiger partial charge on any atom is 1.00 e. The van der Waals surface area contributed by atoms with E-state index >= 15 is 0 Å². The molecule has 2 rings (SSSR count). The summed E-state index contributed by atoms with van der Waals surface area (Å²) < 4.78 is 0. The average Bonchev–Trinajstić information content (AvgIpc) is 2.47. The Hall–Kier alpha value is -0.226. The number of allylic oxidation sites excluding steroid dienone is 1. The van der Waals surface area contributed by atoms with Gasteiger partial charge < -0.3 is 0 Å². The Bertz CT molecular complexity index is 294. The van der Waals surface area contributed by atoms with Crippen LogP contribution in [0.15, 0.2) is 30.3 Å². The van der Waals surface area contributed by atoms with Crippen molar-refractivity contribution in [1.82, 2.24) is 0 Å². The Morgan fingerprint density at radius 3 is 2.75 bits per heavy atom. The van der Waals surface area contributed by atoms with Crippen molar-refractivity contribution in [3.05, 3.63) is 41.5 Å². The third-order valence-corrected chi connectivity index (χ3v) is 3.24. The zero-order valence-corrected chi connectivity index (χ0v) is 8.54. The van der Waals surface area contributed by atoms with Gasteiger partial charge in [0, 0.05) is 9.52 Å². The van der Waals surface area contributed by atoms with Crippen LogP contribution in [0.25, 0.3) is 6.08 Å². The van der Waals surface area contributed by atoms with E-state index in [2.05, 4.69) is 43.0 Å². The molecule has 0 saturated heterocycles. The van der Waals surface area contributed by atoms with Crippen molar-refractivity contribution in [3.8, 4) is 0 Å². The minimum Gasteiger partial charge on any atom is -0.0797 e. The van der Waals surface area contributed by atoms with Crippen LogP contribution in [0.2, 0.25) is 6.55 Å². The Balaban J connectivity index is 0.000000720. The number of fused-ring (bicyclic) bond motifs is 1. The van der Waals surface area contributed by atoms with Crippen molar-refractivity contribution in [3.63, 3.8) is 0 Å². The van der Waals surface area contributed by atoms with E-state index in [1.54, 1.807) is 0 Å². The van der Waals surface area contributed by atoms with E-state index < -0.39 is 0 Å². The molecule has 2 heteroatoms. The number of hydrogen-bond acceptors (Lipinski definition) is 0. The molecule has 1 aliphatic rings. The van der Waals surface area contributed by atoms with Crippen molar-refractivity contribution in [2.24, 2.45) is 0 Å². The summed E-state index contributed by atoms with van der Waals surface area (Å²) in [5, 5.41) is 0. The van der Waals surface area contributed by atoms with Gasteiger partial charge in [-0.1, -0.05) is 43.0 Å². The Labute approximate surface area is 88.1 Å². The summed E-state index contributed by atoms with van der Waals surface area (Å²) in [6.45, 7) is 2.26. The minimum absolute atomic E-state index is 0. The molecule has 0 nitrogen and oxygen atoms in total. The summed E-state index contributed by atoms with van der Waals surface area (Å²) in [6.07, 6.45) is 4.54. The average molecular weight is 165 g/mol. The second-order valence-corrected chi connectivity index (χ2v) is 3.95. The summed E-state index contributed by atoms with van der Waals surface area (Å²) >= 11 is 0. The molecule has 1 unspecified atom stereocenters. The third-order valence-electron chi connectivity index (χ3n) is 2.11. The van der Waals surface area contributed by atoms with Crippen LogP contribution in [0.3, 0.4) is 0 Å². The normalized spacial score (nSPS) is 18.6. The van der Waals surface area contributed by atoms with E-state index in [0.29, 0.717) is 5.54 Å². The third kappa shape index (κ3) is 1.59. The smallest absolute Gasteiger partial charge is 0.0797 e. The van der Waals surface area contributed by atoms with Crippen LogP contribution in [0, 0.1) is 0 Å². The molecule has 2 radical (unpaired) electrons. The number of rotatable bonds is 1. The minimum atomic E-state index is 0. The van der Waals surface area contributed by atoms with E-state index in [4.69, 9.17) is 0 Å². The Kier molecular flexibility index (Phi) is 3.40. The number of benzene rings is 1. The van der Waals surface area contributed by atoms with Gasteiger partial charge in [-0.3, -0.25) is 0 Å². The molecular weight excluding hydrogens is 155 g/mol. The quantitative estimate of drug-likeness (QED) is 0.493. The van der Waals surface area contributed by atoms with Crippen LogP contribution in [0.4, 0.5) is 0 Å². The maximum absolute atomic E-state index is 2.31. The summed E-state index contributed by atoms with van der Waals surface area (Å²) in [5.74, 6) is 0. The molecule has 1 atom stereocenters. The fourth-order valence-electron chi connectivity index (χ4n) is 1.50. The molecule has 0 saturated carbocycles. The van der Waals surface area contributed by atoms with Gasteiger partial charge in [0.1, 0.15) is 0 Å². The first-order valence-electron chi connectivity index (χ1n) is 3.86. The summed E-state index contributed by atoms with van der Waals surface area (Å²) in [6, 6.07) is 8.64. The van der Waals surface area contributed by atoms with E-state index in [1.165, 1.54) is 11.1 Å². The van der Waals surface area contributed by atoms with Crippen LogP contribution in [0.5, 0.6) is 0 Å². The van der Waals surface area contributed by atoms with Gasteiger partial charge in [0.05, 0.1) is 0 Å². The van der Waals surface area contributed by atoms with Gasteiger partial charge in [0.15, 0.2) is 0 Å². The fourth-order valence-corrected chi connectivity index (χ4v) is 2.36. The van der Waals surface area contributed by atoms with Crippen molar-refractivity contribution in [1.29, 1.82) is 0 Å². The molecule has 0 aliphatic heterocycles. The van der Waals surface area contributed by atoms with Crippen molar-refractivity contribution < 1.29 is 18.9 Å². The first-order valence-corrected chi connectivity index (χ1v) is 5.44.